The molecule has 2 aromatic heterocycles. The van der Waals surface area contributed by atoms with Crippen LogP contribution in [0.4, 0.5) is 0 Å². The molecule has 4 aliphatic rings. The van der Waals surface area contributed by atoms with E-state index in [1.165, 1.54) is 36.0 Å². The molecule has 0 N–H and O–H groups in total. The van der Waals surface area contributed by atoms with E-state index in [0.29, 0.717) is 6.04 Å². The summed E-state index contributed by atoms with van der Waals surface area (Å²) >= 11 is 0. The summed E-state index contributed by atoms with van der Waals surface area (Å²) in [6.45, 7) is 9.50. The normalized spacial score (nSPS) is 36.6. The summed E-state index contributed by atoms with van der Waals surface area (Å²) in [4.78, 5) is 9.80. The van der Waals surface area contributed by atoms with Gasteiger partial charge in [0.2, 0.25) is 5.71 Å². The van der Waals surface area contributed by atoms with Crippen LogP contribution in [-0.2, 0) is 5.41 Å². The van der Waals surface area contributed by atoms with E-state index in [4.69, 9.17) is 4.42 Å². The zero-order valence-electron chi connectivity index (χ0n) is 14.8. The average molecular weight is 333 g/mol. The Morgan fingerprint density at radius 1 is 1.20 bits per heavy atom. The fourth-order valence-corrected chi connectivity index (χ4v) is 6.06. The van der Waals surface area contributed by atoms with Gasteiger partial charge in [0.1, 0.15) is 5.58 Å². The molecule has 0 amide bonds. The highest BCUT2D eigenvalue weighted by molar-refractivity contribution is 6.05. The fourth-order valence-electron chi connectivity index (χ4n) is 6.06. The quantitative estimate of drug-likeness (QED) is 0.682. The molecule has 128 valence electrons. The van der Waals surface area contributed by atoms with Gasteiger partial charge < -0.3 is 4.42 Å². The van der Waals surface area contributed by atoms with Gasteiger partial charge in [0, 0.05) is 53.6 Å². The molecule has 4 fully saturated rings. The lowest BCUT2D eigenvalue weighted by Crippen LogP contribution is -2.72. The van der Waals surface area contributed by atoms with E-state index >= 15 is 0 Å². The minimum Gasteiger partial charge on any atom is -0.437 e. The largest absolute Gasteiger partial charge is 0.437 e. The zero-order valence-corrected chi connectivity index (χ0v) is 14.8. The zero-order chi connectivity index (χ0) is 16.8. The highest BCUT2D eigenvalue weighted by Gasteiger charge is 2.56. The van der Waals surface area contributed by atoms with Crippen LogP contribution >= 0.6 is 0 Å². The first-order valence-electron chi connectivity index (χ1n) is 9.39. The molecule has 3 aromatic rings. The lowest BCUT2D eigenvalue weighted by atomic mass is 9.61. The summed E-state index contributed by atoms with van der Waals surface area (Å²) in [5.74, 6) is 0.788. The Kier molecular flexibility index (Phi) is 2.64. The predicted molar refractivity (Wildman–Crippen MR) is 98.6 cm³/mol. The number of benzene rings is 1. The first kappa shape index (κ1) is 14.3. The Morgan fingerprint density at radius 2 is 2.12 bits per heavy atom. The van der Waals surface area contributed by atoms with E-state index in [1.807, 2.05) is 12.3 Å². The Hall–Kier alpha value is -1.91. The molecular formula is C21H23N3O. The maximum Gasteiger partial charge on any atom is 0.227 e. The minimum absolute atomic E-state index is 0.177. The van der Waals surface area contributed by atoms with Gasteiger partial charge in [0.15, 0.2) is 0 Å². The van der Waals surface area contributed by atoms with Crippen LogP contribution in [0.25, 0.3) is 22.1 Å². The molecule has 0 saturated carbocycles. The monoisotopic (exact) mass is 333 g/mol. The van der Waals surface area contributed by atoms with Gasteiger partial charge in [0.05, 0.1) is 6.67 Å². The molecule has 6 heterocycles. The van der Waals surface area contributed by atoms with Crippen LogP contribution in [0.1, 0.15) is 24.5 Å². The maximum absolute atomic E-state index is 6.35. The Balaban J connectivity index is 1.67. The molecule has 4 nitrogen and oxygen atoms in total. The highest BCUT2D eigenvalue weighted by atomic mass is 16.3. The number of fused-ring (bicyclic) bond motifs is 3. The average Bonchev–Trinajstić information content (AvgIpc) is 2.97. The molecule has 0 radical (unpaired) electrons. The summed E-state index contributed by atoms with van der Waals surface area (Å²) in [6.07, 6.45) is 3.10. The molecule has 5 atom stereocenters. The second-order valence-electron chi connectivity index (χ2n) is 8.42. The van der Waals surface area contributed by atoms with Crippen LogP contribution in [0, 0.1) is 12.8 Å². The molecular weight excluding hydrogens is 310 g/mol. The standard InChI is InChI=1S/C21H23N3O/c1-13-5-6-16-17-4-3-7-22-20(17)25-19(16)18(13)21-8-15-9-23(11-21)12-24(10-15)14(21)2/h3-7,14-15H,8-12H2,1-2H3/t14-,15?,21?/m1/s1. The van der Waals surface area contributed by atoms with E-state index in [9.17, 15) is 0 Å². The van der Waals surface area contributed by atoms with E-state index < -0.39 is 0 Å². The van der Waals surface area contributed by atoms with Gasteiger partial charge >= 0.3 is 0 Å². The van der Waals surface area contributed by atoms with Crippen molar-refractivity contribution in [3.8, 4) is 0 Å². The van der Waals surface area contributed by atoms with Gasteiger partial charge in [-0.05, 0) is 43.9 Å². The van der Waals surface area contributed by atoms with Crippen molar-refractivity contribution in [3.63, 3.8) is 0 Å². The number of aromatic nitrogens is 1. The van der Waals surface area contributed by atoms with Crippen molar-refractivity contribution in [2.75, 3.05) is 26.3 Å². The first-order chi connectivity index (χ1) is 12.2. The fraction of sp³-hybridized carbons (Fsp3) is 0.476. The van der Waals surface area contributed by atoms with Crippen LogP contribution in [0.2, 0.25) is 0 Å². The molecule has 7 rings (SSSR count). The van der Waals surface area contributed by atoms with Crippen LogP contribution in [0.3, 0.4) is 0 Å². The van der Waals surface area contributed by atoms with Crippen molar-refractivity contribution in [2.45, 2.75) is 31.7 Å². The van der Waals surface area contributed by atoms with Gasteiger partial charge in [-0.15, -0.1) is 0 Å². The van der Waals surface area contributed by atoms with Crippen LogP contribution in [-0.4, -0.2) is 47.1 Å². The summed E-state index contributed by atoms with van der Waals surface area (Å²) in [6, 6.07) is 9.19. The van der Waals surface area contributed by atoms with E-state index in [1.54, 1.807) is 0 Å². The van der Waals surface area contributed by atoms with Crippen molar-refractivity contribution < 1.29 is 4.42 Å². The topological polar surface area (TPSA) is 32.5 Å². The summed E-state index contributed by atoms with van der Waals surface area (Å²) in [5, 5.41) is 2.35. The molecule has 0 spiro atoms. The SMILES string of the molecule is Cc1ccc2c(oc3ncccc32)c1C12CC3CN(CN(C3)[C@@H]1C)C2. The molecule has 4 unspecified atom stereocenters. The van der Waals surface area contributed by atoms with Crippen molar-refractivity contribution in [3.05, 3.63) is 41.6 Å². The number of furan rings is 1. The van der Waals surface area contributed by atoms with E-state index in [0.717, 1.165) is 35.8 Å². The lowest BCUT2D eigenvalue weighted by molar-refractivity contribution is -0.120. The number of hydrogen-bond donors (Lipinski definition) is 0. The number of aryl methyl sites for hydroxylation is 1. The first-order valence-corrected chi connectivity index (χ1v) is 9.39. The number of hydrogen-bond acceptors (Lipinski definition) is 4. The third-order valence-electron chi connectivity index (χ3n) is 7.02. The van der Waals surface area contributed by atoms with Gasteiger partial charge in [-0.3, -0.25) is 9.80 Å². The molecule has 4 saturated heterocycles. The number of pyridine rings is 1. The highest BCUT2D eigenvalue weighted by Crippen LogP contribution is 2.51. The molecule has 0 aliphatic carbocycles. The van der Waals surface area contributed by atoms with E-state index in [2.05, 4.69) is 46.8 Å². The lowest BCUT2D eigenvalue weighted by Gasteiger charge is -2.63. The molecule has 4 bridgehead atoms. The predicted octanol–water partition coefficient (Wildman–Crippen LogP) is 3.52. The van der Waals surface area contributed by atoms with E-state index in [-0.39, 0.29) is 5.41 Å². The van der Waals surface area contributed by atoms with Gasteiger partial charge in [-0.1, -0.05) is 12.1 Å². The van der Waals surface area contributed by atoms with Crippen LogP contribution in [0.15, 0.2) is 34.9 Å². The summed E-state index contributed by atoms with van der Waals surface area (Å²) in [7, 11) is 0. The van der Waals surface area contributed by atoms with Crippen molar-refractivity contribution >= 4 is 22.1 Å². The molecule has 4 heteroatoms. The minimum atomic E-state index is 0.177. The van der Waals surface area contributed by atoms with Gasteiger partial charge in [0.25, 0.3) is 0 Å². The smallest absolute Gasteiger partial charge is 0.227 e. The third-order valence-corrected chi connectivity index (χ3v) is 7.02. The number of nitrogens with zero attached hydrogens (tertiary/aromatic N) is 3. The second kappa shape index (κ2) is 4.63. The van der Waals surface area contributed by atoms with Gasteiger partial charge in [-0.25, -0.2) is 4.98 Å². The summed E-state index contributed by atoms with van der Waals surface area (Å²) in [5.41, 5.74) is 4.82. The van der Waals surface area contributed by atoms with Crippen LogP contribution < -0.4 is 0 Å². The Bertz CT molecular complexity index is 993. The number of rotatable bonds is 1. The Morgan fingerprint density at radius 3 is 3.00 bits per heavy atom. The van der Waals surface area contributed by atoms with Crippen molar-refractivity contribution in [1.82, 2.24) is 14.8 Å². The maximum atomic E-state index is 6.35. The second-order valence-corrected chi connectivity index (χ2v) is 8.42. The van der Waals surface area contributed by atoms with Gasteiger partial charge in [-0.2, -0.15) is 0 Å². The molecule has 4 aliphatic heterocycles. The van der Waals surface area contributed by atoms with Crippen molar-refractivity contribution in [1.29, 1.82) is 0 Å². The van der Waals surface area contributed by atoms with Crippen LogP contribution in [0.5, 0.6) is 0 Å². The van der Waals surface area contributed by atoms with Crippen molar-refractivity contribution in [2.24, 2.45) is 5.92 Å². The molecule has 25 heavy (non-hydrogen) atoms. The molecule has 1 aromatic carbocycles. The number of piperidine rings is 2. The third kappa shape index (κ3) is 1.72. The summed E-state index contributed by atoms with van der Waals surface area (Å²) < 4.78 is 6.35. The Labute approximate surface area is 147 Å².